The summed E-state index contributed by atoms with van der Waals surface area (Å²) in [4.78, 5) is 16.5. The molecule has 2 aromatic carbocycles. The zero-order valence-corrected chi connectivity index (χ0v) is 16.5. The van der Waals surface area contributed by atoms with Crippen molar-refractivity contribution in [2.45, 2.75) is 17.9 Å². The predicted octanol–water partition coefficient (Wildman–Crippen LogP) is 3.41. The number of amides is 1. The Morgan fingerprint density at radius 3 is 2.75 bits per heavy atom. The van der Waals surface area contributed by atoms with Gasteiger partial charge in [-0.05, 0) is 23.8 Å². The third kappa shape index (κ3) is 4.98. The van der Waals surface area contributed by atoms with E-state index in [0.717, 1.165) is 0 Å². The molecule has 0 radical (unpaired) electrons. The van der Waals surface area contributed by atoms with E-state index in [1.807, 2.05) is 0 Å². The summed E-state index contributed by atoms with van der Waals surface area (Å²) < 4.78 is 28.6. The number of halogens is 1. The van der Waals surface area contributed by atoms with Crippen LogP contribution in [0.4, 0.5) is 5.69 Å². The highest BCUT2D eigenvalue weighted by molar-refractivity contribution is 7.79. The third-order valence-corrected chi connectivity index (χ3v) is 5.11. The smallest absolute Gasteiger partial charge is 0.296 e. The summed E-state index contributed by atoms with van der Waals surface area (Å²) in [5.74, 6) is -0.278. The first-order valence-corrected chi connectivity index (χ1v) is 9.79. The number of nitrogens with zero attached hydrogens (tertiary/aromatic N) is 2. The minimum absolute atomic E-state index is 0.0698. The average Bonchev–Trinajstić information content (AvgIpc) is 3.07. The Hall–Kier alpha value is -2.68. The Morgan fingerprint density at radius 2 is 2.07 bits per heavy atom. The summed E-state index contributed by atoms with van der Waals surface area (Å²) in [6.45, 7) is 0.0698. The molecule has 0 aliphatic rings. The average molecular weight is 420 g/mol. The molecule has 0 bridgehead atoms. The molecule has 9 heteroatoms. The Labute approximate surface area is 169 Å². The van der Waals surface area contributed by atoms with Crippen molar-refractivity contribution in [3.8, 4) is 6.01 Å². The van der Waals surface area contributed by atoms with Crippen molar-refractivity contribution in [1.29, 1.82) is 0 Å². The SMILES string of the molecule is Cn1ccnc1OCc1ccc(NC(=O)Cc2ccccc2Cl)cc1S(=O)O. The van der Waals surface area contributed by atoms with Crippen LogP contribution in [0.1, 0.15) is 11.1 Å². The maximum Gasteiger partial charge on any atom is 0.296 e. The molecule has 28 heavy (non-hydrogen) atoms. The Balaban J connectivity index is 1.71. The number of aromatic nitrogens is 2. The standard InChI is InChI=1S/C19H18ClN3O4S/c1-23-9-8-21-19(23)27-12-14-6-7-15(11-17(14)28(25)26)22-18(24)10-13-4-2-3-5-16(13)20/h2-9,11H,10,12H2,1H3,(H,22,24)(H,25,26). The van der Waals surface area contributed by atoms with Gasteiger partial charge in [-0.25, -0.2) is 9.19 Å². The van der Waals surface area contributed by atoms with Crippen LogP contribution in [-0.4, -0.2) is 24.2 Å². The molecule has 1 amide bonds. The Bertz CT molecular complexity index is 1020. The van der Waals surface area contributed by atoms with Crippen LogP contribution in [0.3, 0.4) is 0 Å². The minimum atomic E-state index is -2.24. The number of hydrogen-bond donors (Lipinski definition) is 2. The zero-order chi connectivity index (χ0) is 20.1. The molecule has 3 rings (SSSR count). The first-order chi connectivity index (χ1) is 13.4. The van der Waals surface area contributed by atoms with Gasteiger partial charge in [0.15, 0.2) is 11.1 Å². The second kappa shape index (κ2) is 9.01. The molecule has 1 atom stereocenters. The number of benzene rings is 2. The van der Waals surface area contributed by atoms with Gasteiger partial charge in [0.1, 0.15) is 6.61 Å². The highest BCUT2D eigenvalue weighted by atomic mass is 35.5. The lowest BCUT2D eigenvalue weighted by Gasteiger charge is -2.12. The quantitative estimate of drug-likeness (QED) is 0.572. The fraction of sp³-hybridized carbons (Fsp3) is 0.158. The van der Waals surface area contributed by atoms with Gasteiger partial charge >= 0.3 is 0 Å². The number of ether oxygens (including phenoxy) is 1. The maximum absolute atomic E-state index is 12.3. The van der Waals surface area contributed by atoms with E-state index >= 15 is 0 Å². The molecule has 3 aromatic rings. The minimum Gasteiger partial charge on any atom is -0.460 e. The number of imidazole rings is 1. The molecule has 0 fully saturated rings. The summed E-state index contributed by atoms with van der Waals surface area (Å²) in [6, 6.07) is 12.2. The molecule has 146 valence electrons. The molecule has 1 heterocycles. The van der Waals surface area contributed by atoms with E-state index in [2.05, 4.69) is 10.3 Å². The molecule has 0 saturated heterocycles. The molecule has 0 aliphatic heterocycles. The number of nitrogens with one attached hydrogen (secondary N) is 1. The second-order valence-electron chi connectivity index (χ2n) is 6.00. The van der Waals surface area contributed by atoms with Crippen LogP contribution >= 0.6 is 11.6 Å². The van der Waals surface area contributed by atoms with Crippen LogP contribution < -0.4 is 10.1 Å². The molecule has 0 spiro atoms. The normalized spacial score (nSPS) is 11.8. The first kappa shape index (κ1) is 20.1. The van der Waals surface area contributed by atoms with E-state index < -0.39 is 11.1 Å². The molecule has 7 nitrogen and oxygen atoms in total. The van der Waals surface area contributed by atoms with Crippen molar-refractivity contribution >= 4 is 34.3 Å². The number of aryl methyl sites for hydroxylation is 1. The largest absolute Gasteiger partial charge is 0.460 e. The van der Waals surface area contributed by atoms with Crippen molar-refractivity contribution in [2.75, 3.05) is 5.32 Å². The van der Waals surface area contributed by atoms with Gasteiger partial charge in [0, 0.05) is 35.7 Å². The molecular weight excluding hydrogens is 402 g/mol. The zero-order valence-electron chi connectivity index (χ0n) is 15.0. The van der Waals surface area contributed by atoms with Crippen molar-refractivity contribution in [3.05, 3.63) is 71.0 Å². The van der Waals surface area contributed by atoms with Crippen LogP contribution in [0, 0.1) is 0 Å². The maximum atomic E-state index is 12.3. The van der Waals surface area contributed by atoms with Gasteiger partial charge < -0.3 is 19.2 Å². The van der Waals surface area contributed by atoms with Gasteiger partial charge in [0.25, 0.3) is 6.01 Å². The first-order valence-electron chi connectivity index (χ1n) is 8.31. The van der Waals surface area contributed by atoms with Crippen LogP contribution in [0.15, 0.2) is 59.8 Å². The van der Waals surface area contributed by atoms with E-state index in [4.69, 9.17) is 16.3 Å². The highest BCUT2D eigenvalue weighted by Gasteiger charge is 2.13. The van der Waals surface area contributed by atoms with Crippen LogP contribution in [-0.2, 0) is 36.0 Å². The summed E-state index contributed by atoms with van der Waals surface area (Å²) in [6.07, 6.45) is 3.43. The van der Waals surface area contributed by atoms with Crippen molar-refractivity contribution in [3.63, 3.8) is 0 Å². The fourth-order valence-electron chi connectivity index (χ4n) is 2.57. The predicted molar refractivity (Wildman–Crippen MR) is 107 cm³/mol. The molecule has 0 saturated carbocycles. The summed E-state index contributed by atoms with van der Waals surface area (Å²) in [5, 5.41) is 3.23. The number of anilines is 1. The topological polar surface area (TPSA) is 93.5 Å². The van der Waals surface area contributed by atoms with E-state index in [0.29, 0.717) is 27.8 Å². The van der Waals surface area contributed by atoms with Gasteiger partial charge in [-0.3, -0.25) is 4.79 Å². The van der Waals surface area contributed by atoms with Gasteiger partial charge in [-0.15, -0.1) is 0 Å². The fourth-order valence-corrected chi connectivity index (χ4v) is 3.35. The molecule has 2 N–H and O–H groups in total. The van der Waals surface area contributed by atoms with Crippen molar-refractivity contribution in [1.82, 2.24) is 9.55 Å². The van der Waals surface area contributed by atoms with E-state index in [-0.39, 0.29) is 23.8 Å². The number of hydrogen-bond acceptors (Lipinski definition) is 4. The lowest BCUT2D eigenvalue weighted by atomic mass is 10.1. The second-order valence-corrected chi connectivity index (χ2v) is 7.34. The van der Waals surface area contributed by atoms with Gasteiger partial charge in [-0.1, -0.05) is 35.9 Å². The summed E-state index contributed by atoms with van der Waals surface area (Å²) in [5.41, 5.74) is 1.64. The Morgan fingerprint density at radius 1 is 1.29 bits per heavy atom. The van der Waals surface area contributed by atoms with E-state index in [1.54, 1.807) is 60.4 Å². The monoisotopic (exact) mass is 419 g/mol. The molecule has 1 unspecified atom stereocenters. The van der Waals surface area contributed by atoms with Gasteiger partial charge in [0.05, 0.1) is 11.3 Å². The number of carbonyl (C=O) groups excluding carboxylic acids is 1. The number of rotatable bonds is 7. The van der Waals surface area contributed by atoms with E-state index in [1.165, 1.54) is 6.07 Å². The summed E-state index contributed by atoms with van der Waals surface area (Å²) >= 11 is 3.83. The van der Waals surface area contributed by atoms with Gasteiger partial charge in [-0.2, -0.15) is 0 Å². The summed E-state index contributed by atoms with van der Waals surface area (Å²) in [7, 11) is 1.78. The highest BCUT2D eigenvalue weighted by Crippen LogP contribution is 2.22. The van der Waals surface area contributed by atoms with Gasteiger partial charge in [0.2, 0.25) is 5.91 Å². The lowest BCUT2D eigenvalue weighted by Crippen LogP contribution is -2.15. The lowest BCUT2D eigenvalue weighted by molar-refractivity contribution is -0.115. The third-order valence-electron chi connectivity index (χ3n) is 3.98. The van der Waals surface area contributed by atoms with E-state index in [9.17, 15) is 13.6 Å². The number of carbonyl (C=O) groups is 1. The molecule has 0 aliphatic carbocycles. The molecule has 1 aromatic heterocycles. The van der Waals surface area contributed by atoms with Crippen molar-refractivity contribution in [2.24, 2.45) is 7.05 Å². The molecular formula is C19H18ClN3O4S. The van der Waals surface area contributed by atoms with Crippen LogP contribution in [0.25, 0.3) is 0 Å². The van der Waals surface area contributed by atoms with Crippen LogP contribution in [0.5, 0.6) is 6.01 Å². The van der Waals surface area contributed by atoms with Crippen LogP contribution in [0.2, 0.25) is 5.02 Å². The Kier molecular flexibility index (Phi) is 6.45. The van der Waals surface area contributed by atoms with Crippen molar-refractivity contribution < 1.29 is 18.3 Å².